The average Bonchev–Trinajstić information content (AvgIpc) is 3.02. The number of rotatable bonds is 20. The Labute approximate surface area is 285 Å². The molecule has 2 unspecified atom stereocenters. The number of carbonyl (C=O) groups excluding carboxylic acids is 4. The first-order valence-corrected chi connectivity index (χ1v) is 17.3. The van der Waals surface area contributed by atoms with Crippen molar-refractivity contribution < 1.29 is 24.3 Å². The van der Waals surface area contributed by atoms with E-state index in [4.69, 9.17) is 0 Å². The SMILES string of the molecule is CCNC(=O)C(O)[C@H](Cc1ccc(C)cc1)NC(=O)[C@@H](NC(=O)[C@H](Cc1ccccc1)NC(=O)CCCCC(S)CCS)C(C)C. The van der Waals surface area contributed by atoms with Crippen LogP contribution >= 0.6 is 25.3 Å². The zero-order chi connectivity index (χ0) is 34.1. The number of nitrogens with one attached hydrogen (secondary N) is 4. The minimum absolute atomic E-state index is 0.207. The number of aliphatic hydroxyl groups excluding tert-OH is 1. The van der Waals surface area contributed by atoms with Gasteiger partial charge in [0.15, 0.2) is 6.10 Å². The fourth-order valence-electron chi connectivity index (χ4n) is 5.03. The van der Waals surface area contributed by atoms with E-state index in [0.717, 1.165) is 41.7 Å². The lowest BCUT2D eigenvalue weighted by atomic mass is 9.97. The van der Waals surface area contributed by atoms with Gasteiger partial charge in [-0.05, 0) is 62.3 Å². The molecule has 0 aromatic heterocycles. The number of unbranched alkanes of at least 4 members (excludes halogenated alkanes) is 1. The molecule has 5 N–H and O–H groups in total. The van der Waals surface area contributed by atoms with Crippen molar-refractivity contribution in [2.45, 2.75) is 102 Å². The van der Waals surface area contributed by atoms with Crippen molar-refractivity contribution in [3.63, 3.8) is 0 Å². The molecule has 9 nitrogen and oxygen atoms in total. The van der Waals surface area contributed by atoms with E-state index in [1.807, 2.05) is 61.5 Å². The summed E-state index contributed by atoms with van der Waals surface area (Å²) in [6.07, 6.45) is 2.52. The van der Waals surface area contributed by atoms with Gasteiger partial charge in [-0.1, -0.05) is 80.4 Å². The third kappa shape index (κ3) is 14.2. The Bertz CT molecular complexity index is 1230. The standard InChI is InChI=1S/C35H52N4O5S2/c1-5-36-35(44)32(41)28(21-26-17-15-24(4)16-18-26)38-34(43)31(23(2)3)39-33(42)29(22-25-11-7-6-8-12-25)37-30(40)14-10-9-13-27(46)19-20-45/h6-8,11-12,15-18,23,27-29,31-32,41,45-46H,5,9-10,13-14,19-22H2,1-4H3,(H,36,44)(H,37,40)(H,38,43)(H,39,42)/t27?,28-,29-,31-,32?/m0/s1. The van der Waals surface area contributed by atoms with Crippen molar-refractivity contribution >= 4 is 48.9 Å². The van der Waals surface area contributed by atoms with Gasteiger partial charge in [-0.15, -0.1) is 0 Å². The normalized spacial score (nSPS) is 14.4. The van der Waals surface area contributed by atoms with Crippen LogP contribution in [-0.2, 0) is 32.0 Å². The second kappa shape index (κ2) is 21.0. The Kier molecular flexibility index (Phi) is 17.9. The highest BCUT2D eigenvalue weighted by molar-refractivity contribution is 7.81. The average molecular weight is 673 g/mol. The quantitative estimate of drug-likeness (QED) is 0.0853. The summed E-state index contributed by atoms with van der Waals surface area (Å²) in [7, 11) is 0. The van der Waals surface area contributed by atoms with Gasteiger partial charge in [0.2, 0.25) is 17.7 Å². The predicted molar refractivity (Wildman–Crippen MR) is 190 cm³/mol. The molecule has 0 aliphatic heterocycles. The van der Waals surface area contributed by atoms with Crippen molar-refractivity contribution in [1.82, 2.24) is 21.3 Å². The van der Waals surface area contributed by atoms with Crippen LogP contribution in [0.3, 0.4) is 0 Å². The second-order valence-electron chi connectivity index (χ2n) is 12.1. The summed E-state index contributed by atoms with van der Waals surface area (Å²) in [5.74, 6) is -1.42. The molecule has 0 heterocycles. The van der Waals surface area contributed by atoms with E-state index < -0.39 is 42.0 Å². The molecule has 0 saturated carbocycles. The molecule has 11 heteroatoms. The number of hydrogen-bond acceptors (Lipinski definition) is 7. The van der Waals surface area contributed by atoms with Crippen LogP contribution in [0.5, 0.6) is 0 Å². The minimum atomic E-state index is -1.51. The van der Waals surface area contributed by atoms with E-state index in [0.29, 0.717) is 13.0 Å². The van der Waals surface area contributed by atoms with E-state index in [1.165, 1.54) is 0 Å². The lowest BCUT2D eigenvalue weighted by Crippen LogP contribution is -2.59. The molecule has 2 aromatic rings. The van der Waals surface area contributed by atoms with Crippen molar-refractivity contribution in [2.75, 3.05) is 12.3 Å². The maximum atomic E-state index is 13.7. The summed E-state index contributed by atoms with van der Waals surface area (Å²) in [6, 6.07) is 14.2. The number of amides is 4. The molecule has 0 fully saturated rings. The molecule has 0 aliphatic rings. The molecule has 2 rings (SSSR count). The number of benzene rings is 2. The zero-order valence-electron chi connectivity index (χ0n) is 27.5. The van der Waals surface area contributed by atoms with Gasteiger partial charge in [0.05, 0.1) is 6.04 Å². The van der Waals surface area contributed by atoms with Crippen LogP contribution in [0, 0.1) is 12.8 Å². The topological polar surface area (TPSA) is 137 Å². The van der Waals surface area contributed by atoms with Crippen LogP contribution in [-0.4, -0.2) is 70.5 Å². The summed E-state index contributed by atoms with van der Waals surface area (Å²) in [5.41, 5.74) is 2.76. The van der Waals surface area contributed by atoms with Crippen LogP contribution in [0.1, 0.15) is 69.6 Å². The third-order valence-corrected chi connectivity index (χ3v) is 8.51. The fraction of sp³-hybridized carbons (Fsp3) is 0.543. The van der Waals surface area contributed by atoms with E-state index in [1.54, 1.807) is 20.8 Å². The fourth-order valence-corrected chi connectivity index (χ4v) is 5.85. The van der Waals surface area contributed by atoms with Gasteiger partial charge in [0, 0.05) is 24.6 Å². The van der Waals surface area contributed by atoms with E-state index in [9.17, 15) is 24.3 Å². The monoisotopic (exact) mass is 672 g/mol. The summed E-state index contributed by atoms with van der Waals surface area (Å²) in [5, 5.41) is 22.3. The summed E-state index contributed by atoms with van der Waals surface area (Å²) >= 11 is 8.79. The molecule has 0 bridgehead atoms. The number of thiol groups is 2. The molecule has 0 spiro atoms. The van der Waals surface area contributed by atoms with E-state index in [2.05, 4.69) is 46.5 Å². The first kappa shape index (κ1) is 39.2. The maximum absolute atomic E-state index is 13.7. The first-order chi connectivity index (χ1) is 21.9. The molecule has 4 amide bonds. The molecular formula is C35H52N4O5S2. The Morgan fingerprint density at radius 2 is 1.46 bits per heavy atom. The maximum Gasteiger partial charge on any atom is 0.250 e. The minimum Gasteiger partial charge on any atom is -0.381 e. The summed E-state index contributed by atoms with van der Waals surface area (Å²) in [6.45, 7) is 7.63. The van der Waals surface area contributed by atoms with Crippen molar-refractivity contribution in [2.24, 2.45) is 5.92 Å². The van der Waals surface area contributed by atoms with E-state index >= 15 is 0 Å². The van der Waals surface area contributed by atoms with Gasteiger partial charge in [0.1, 0.15) is 12.1 Å². The number of aryl methyl sites for hydroxylation is 1. The lowest BCUT2D eigenvalue weighted by molar-refractivity contribution is -0.135. The lowest BCUT2D eigenvalue weighted by Gasteiger charge is -2.29. The zero-order valence-corrected chi connectivity index (χ0v) is 29.3. The van der Waals surface area contributed by atoms with Gasteiger partial charge >= 0.3 is 0 Å². The molecule has 254 valence electrons. The third-order valence-electron chi connectivity index (χ3n) is 7.74. The smallest absolute Gasteiger partial charge is 0.250 e. The van der Waals surface area contributed by atoms with Crippen molar-refractivity contribution in [3.8, 4) is 0 Å². The second-order valence-corrected chi connectivity index (χ2v) is 13.3. The first-order valence-electron chi connectivity index (χ1n) is 16.2. The molecule has 0 aliphatic carbocycles. The van der Waals surface area contributed by atoms with Crippen LogP contribution in [0.4, 0.5) is 0 Å². The molecular weight excluding hydrogens is 621 g/mol. The molecule has 0 saturated heterocycles. The van der Waals surface area contributed by atoms with Crippen LogP contribution < -0.4 is 21.3 Å². The number of carbonyl (C=O) groups is 4. The van der Waals surface area contributed by atoms with Gasteiger partial charge in [-0.2, -0.15) is 25.3 Å². The van der Waals surface area contributed by atoms with Crippen LogP contribution in [0.15, 0.2) is 54.6 Å². The van der Waals surface area contributed by atoms with Crippen molar-refractivity contribution in [1.29, 1.82) is 0 Å². The Morgan fingerprint density at radius 3 is 2.07 bits per heavy atom. The van der Waals surface area contributed by atoms with Gasteiger partial charge < -0.3 is 26.4 Å². The molecule has 0 radical (unpaired) electrons. The highest BCUT2D eigenvalue weighted by Gasteiger charge is 2.33. The molecule has 5 atom stereocenters. The number of aliphatic hydroxyl groups is 1. The number of hydrogen-bond donors (Lipinski definition) is 7. The Hall–Kier alpha value is -3.02. The largest absolute Gasteiger partial charge is 0.381 e. The van der Waals surface area contributed by atoms with Gasteiger partial charge in [-0.25, -0.2) is 0 Å². The molecule has 2 aromatic carbocycles. The van der Waals surface area contributed by atoms with Gasteiger partial charge in [-0.3, -0.25) is 19.2 Å². The van der Waals surface area contributed by atoms with E-state index in [-0.39, 0.29) is 36.3 Å². The summed E-state index contributed by atoms with van der Waals surface area (Å²) < 4.78 is 0. The Balaban J connectivity index is 2.18. The molecule has 46 heavy (non-hydrogen) atoms. The highest BCUT2D eigenvalue weighted by Crippen LogP contribution is 2.14. The number of likely N-dealkylation sites (N-methyl/N-ethyl adjacent to an activating group) is 1. The summed E-state index contributed by atoms with van der Waals surface area (Å²) in [4.78, 5) is 52.9. The highest BCUT2D eigenvalue weighted by atomic mass is 32.1. The predicted octanol–water partition coefficient (Wildman–Crippen LogP) is 3.57. The van der Waals surface area contributed by atoms with Crippen LogP contribution in [0.2, 0.25) is 0 Å². The van der Waals surface area contributed by atoms with Crippen molar-refractivity contribution in [3.05, 3.63) is 71.3 Å². The Morgan fingerprint density at radius 1 is 0.804 bits per heavy atom. The van der Waals surface area contributed by atoms with Gasteiger partial charge in [0.25, 0.3) is 5.91 Å². The van der Waals surface area contributed by atoms with Crippen LogP contribution in [0.25, 0.3) is 0 Å².